The number of hydrogen-bond acceptors (Lipinski definition) is 0. The number of alkyl halides is 2. The van der Waals surface area contributed by atoms with Crippen molar-refractivity contribution in [1.82, 2.24) is 0 Å². The summed E-state index contributed by atoms with van der Waals surface area (Å²) < 4.78 is 0. The molecule has 0 heterocycles. The highest BCUT2D eigenvalue weighted by molar-refractivity contribution is 6.29. The van der Waals surface area contributed by atoms with Gasteiger partial charge in [0.15, 0.2) is 5.16 Å². The average Bonchev–Trinajstić information content (AvgIpc) is 2.14. The van der Waals surface area contributed by atoms with Crippen LogP contribution in [0.2, 0.25) is 0 Å². The predicted molar refractivity (Wildman–Crippen MR) is 59.3 cm³/mol. The topological polar surface area (TPSA) is 40.0 Å². The maximum atomic E-state index is 5.87. The van der Waals surface area contributed by atoms with Crippen LogP contribution < -0.4 is 23.1 Å². The largest absolute Gasteiger partial charge is 1.00 e. The summed E-state index contributed by atoms with van der Waals surface area (Å²) in [6.07, 6.45) is 0. The van der Waals surface area contributed by atoms with Crippen LogP contribution in [-0.2, 0) is 0 Å². The Balaban J connectivity index is 0. The maximum absolute atomic E-state index is 5.87. The molecule has 0 amide bonds. The molecule has 0 aliphatic rings. The molecule has 0 rings (SSSR count). The third-order valence-electron chi connectivity index (χ3n) is 1.59. The monoisotopic (exact) mass is 278 g/mol. The minimum atomic E-state index is 0. The minimum absolute atomic E-state index is 0. The lowest BCUT2D eigenvalue weighted by atomic mass is 10.2. The van der Waals surface area contributed by atoms with Crippen molar-refractivity contribution < 1.29 is 17.4 Å². The molecule has 0 aliphatic carbocycles. The standard InChI is InChI=1S/C8H13Cl3N2.ClH/c1-5(3-9)7(11)13-8(12)6(2)4-10;/h6H,3-4H2,1-2H3,(H2,12,13);1H/b7-5-;. The van der Waals surface area contributed by atoms with E-state index in [4.69, 9.17) is 40.5 Å². The fourth-order valence-electron chi connectivity index (χ4n) is 0.498. The molecule has 3 N–H and O–H groups in total. The smallest absolute Gasteiger partial charge is 0.250 e. The van der Waals surface area contributed by atoms with Crippen molar-refractivity contribution in [3.05, 3.63) is 10.7 Å². The van der Waals surface area contributed by atoms with E-state index >= 15 is 0 Å². The zero-order chi connectivity index (χ0) is 10.4. The van der Waals surface area contributed by atoms with Gasteiger partial charge in [-0.3, -0.25) is 5.73 Å². The van der Waals surface area contributed by atoms with Crippen LogP contribution >= 0.6 is 34.8 Å². The van der Waals surface area contributed by atoms with E-state index in [0.29, 0.717) is 22.8 Å². The van der Waals surface area contributed by atoms with Gasteiger partial charge in [-0.1, -0.05) is 0 Å². The number of allylic oxidation sites excluding steroid dienone is 1. The number of nitrogens with two attached hydrogens (primary N) is 1. The maximum Gasteiger partial charge on any atom is 0.250 e. The second-order valence-electron chi connectivity index (χ2n) is 2.86. The molecule has 0 radical (unpaired) electrons. The summed E-state index contributed by atoms with van der Waals surface area (Å²) in [5.41, 5.74) is 6.54. The van der Waals surface area contributed by atoms with E-state index in [-0.39, 0.29) is 18.3 Å². The summed E-state index contributed by atoms with van der Waals surface area (Å²) in [5.74, 6) is 1.49. The van der Waals surface area contributed by atoms with Crippen molar-refractivity contribution in [2.75, 3.05) is 11.8 Å². The molecule has 0 aromatic heterocycles. The van der Waals surface area contributed by atoms with E-state index < -0.39 is 0 Å². The van der Waals surface area contributed by atoms with Crippen LogP contribution in [0.3, 0.4) is 0 Å². The van der Waals surface area contributed by atoms with Gasteiger partial charge in [0.25, 0.3) is 0 Å². The Morgan fingerprint density at radius 3 is 2.29 bits per heavy atom. The molecule has 0 bridgehead atoms. The fraction of sp³-hybridized carbons (Fsp3) is 0.625. The molecule has 0 aromatic rings. The highest BCUT2D eigenvalue weighted by Crippen LogP contribution is 2.02. The third kappa shape index (κ3) is 5.97. The van der Waals surface area contributed by atoms with Crippen molar-refractivity contribution in [3.8, 4) is 0 Å². The molecule has 0 aliphatic heterocycles. The number of amidine groups is 1. The van der Waals surface area contributed by atoms with E-state index in [1.807, 2.05) is 13.8 Å². The average molecular weight is 280 g/mol. The number of halogens is 4. The fourth-order valence-corrected chi connectivity index (χ4v) is 1.04. The van der Waals surface area contributed by atoms with Crippen molar-refractivity contribution in [2.45, 2.75) is 13.8 Å². The molecule has 84 valence electrons. The van der Waals surface area contributed by atoms with Crippen LogP contribution in [0.5, 0.6) is 0 Å². The van der Waals surface area contributed by atoms with Gasteiger partial charge in [-0.25, -0.2) is 4.99 Å². The highest BCUT2D eigenvalue weighted by Gasteiger charge is 2.11. The molecule has 1 unspecified atom stereocenters. The van der Waals surface area contributed by atoms with Crippen LogP contribution in [0.1, 0.15) is 13.8 Å². The van der Waals surface area contributed by atoms with E-state index in [2.05, 4.69) is 4.99 Å². The molecule has 0 saturated carbocycles. The summed E-state index contributed by atoms with van der Waals surface area (Å²) in [5, 5.41) is 0.476. The van der Waals surface area contributed by atoms with Crippen LogP contribution in [0.15, 0.2) is 10.7 Å². The van der Waals surface area contributed by atoms with Gasteiger partial charge in [0.2, 0.25) is 5.84 Å². The molecule has 0 saturated heterocycles. The van der Waals surface area contributed by atoms with Crippen LogP contribution in [0.4, 0.5) is 0 Å². The van der Waals surface area contributed by atoms with Gasteiger partial charge in [0, 0.05) is 17.3 Å². The quantitative estimate of drug-likeness (QED) is 0.266. The van der Waals surface area contributed by atoms with Crippen molar-refractivity contribution in [1.29, 1.82) is 0 Å². The second-order valence-corrected chi connectivity index (χ2v) is 3.82. The summed E-state index contributed by atoms with van der Waals surface area (Å²) in [6.45, 7) is 3.75. The summed E-state index contributed by atoms with van der Waals surface area (Å²) >= 11 is 17.1. The second kappa shape index (κ2) is 8.66. The Bertz CT molecular complexity index is 225. The first kappa shape index (κ1) is 16.8. The number of rotatable bonds is 4. The van der Waals surface area contributed by atoms with E-state index in [0.717, 1.165) is 5.57 Å². The zero-order valence-electron chi connectivity index (χ0n) is 8.08. The SMILES string of the molecule is C/C(CCl)=C(Cl)/[NH+]=C(/N)C(C)CCl.[Cl-]. The van der Waals surface area contributed by atoms with E-state index in [9.17, 15) is 0 Å². The molecule has 0 aromatic carbocycles. The number of hydrogen-bond donors (Lipinski definition) is 2. The molecular weight excluding hydrogens is 266 g/mol. The Hall–Kier alpha value is 0.370. The lowest BCUT2D eigenvalue weighted by molar-refractivity contribution is -0.388. The third-order valence-corrected chi connectivity index (χ3v) is 2.87. The van der Waals surface area contributed by atoms with Gasteiger partial charge >= 0.3 is 0 Å². The molecule has 14 heavy (non-hydrogen) atoms. The first-order valence-electron chi connectivity index (χ1n) is 3.89. The van der Waals surface area contributed by atoms with E-state index in [1.165, 1.54) is 0 Å². The van der Waals surface area contributed by atoms with E-state index in [1.54, 1.807) is 0 Å². The van der Waals surface area contributed by atoms with Crippen LogP contribution in [0, 0.1) is 5.92 Å². The van der Waals surface area contributed by atoms with Gasteiger partial charge in [-0.15, -0.1) is 23.2 Å². The lowest BCUT2D eigenvalue weighted by Crippen LogP contribution is -3.00. The van der Waals surface area contributed by atoms with Gasteiger partial charge < -0.3 is 12.4 Å². The van der Waals surface area contributed by atoms with Crippen molar-refractivity contribution in [3.63, 3.8) is 0 Å². The minimum Gasteiger partial charge on any atom is -1.00 e. The van der Waals surface area contributed by atoms with Crippen LogP contribution in [-0.4, -0.2) is 17.6 Å². The molecular formula is C8H14Cl4N2. The van der Waals surface area contributed by atoms with Gasteiger partial charge in [-0.05, 0) is 25.4 Å². The van der Waals surface area contributed by atoms with Crippen molar-refractivity contribution in [2.24, 2.45) is 11.7 Å². The summed E-state index contributed by atoms with van der Waals surface area (Å²) in [7, 11) is 0. The first-order chi connectivity index (χ1) is 6.02. The zero-order valence-corrected chi connectivity index (χ0v) is 11.1. The normalized spacial score (nSPS) is 15.6. The molecule has 0 spiro atoms. The van der Waals surface area contributed by atoms with Crippen LogP contribution in [0.25, 0.3) is 0 Å². The number of nitrogens with one attached hydrogen (secondary N) is 1. The Labute approximate surface area is 106 Å². The van der Waals surface area contributed by atoms with Gasteiger partial charge in [0.05, 0.1) is 5.92 Å². The van der Waals surface area contributed by atoms with Gasteiger partial charge in [-0.2, -0.15) is 0 Å². The van der Waals surface area contributed by atoms with Crippen molar-refractivity contribution >= 4 is 40.6 Å². The molecule has 1 atom stereocenters. The van der Waals surface area contributed by atoms with Gasteiger partial charge in [0.1, 0.15) is 0 Å². The highest BCUT2D eigenvalue weighted by atomic mass is 35.5. The summed E-state index contributed by atoms with van der Waals surface area (Å²) in [4.78, 5) is 2.85. The first-order valence-corrected chi connectivity index (χ1v) is 5.34. The summed E-state index contributed by atoms with van der Waals surface area (Å²) in [6, 6.07) is 0. The Morgan fingerprint density at radius 2 is 1.93 bits per heavy atom. The molecule has 6 heteroatoms. The molecule has 0 fully saturated rings. The molecule has 2 nitrogen and oxygen atoms in total. The lowest BCUT2D eigenvalue weighted by Gasteiger charge is -2.01. The Morgan fingerprint density at radius 1 is 1.43 bits per heavy atom. The Kier molecular flexibility index (Phi) is 10.4. The predicted octanol–water partition coefficient (Wildman–Crippen LogP) is -1.99.